The molecular weight excluding hydrogens is 187 g/mol. The van der Waals surface area contributed by atoms with Crippen molar-refractivity contribution < 1.29 is 9.50 Å². The van der Waals surface area contributed by atoms with Gasteiger partial charge in [0.2, 0.25) is 0 Å². The lowest BCUT2D eigenvalue weighted by Crippen LogP contribution is -1.82. The van der Waals surface area contributed by atoms with Crippen molar-refractivity contribution in [1.82, 2.24) is 0 Å². The molecule has 68 valence electrons. The molecule has 3 heteroatoms. The number of halogens is 1. The Morgan fingerprint density at radius 1 is 1.46 bits per heavy atom. The Bertz CT molecular complexity index is 447. The fourth-order valence-corrected chi connectivity index (χ4v) is 2.35. The van der Waals surface area contributed by atoms with E-state index in [1.54, 1.807) is 5.38 Å². The number of aliphatic hydroxyl groups is 1. The number of fused-ring (bicyclic) bond motifs is 1. The predicted octanol–water partition coefficient (Wildman–Crippen LogP) is 2.84. The van der Waals surface area contributed by atoms with Crippen LogP contribution >= 0.6 is 11.3 Å². The monoisotopic (exact) mass is 196 g/mol. The highest BCUT2D eigenvalue weighted by molar-refractivity contribution is 7.17. The van der Waals surface area contributed by atoms with E-state index in [4.69, 9.17) is 5.11 Å². The van der Waals surface area contributed by atoms with Gasteiger partial charge in [-0.25, -0.2) is 4.39 Å². The normalized spacial score (nSPS) is 11.0. The van der Waals surface area contributed by atoms with E-state index in [0.29, 0.717) is 4.70 Å². The van der Waals surface area contributed by atoms with Gasteiger partial charge in [-0.15, -0.1) is 11.3 Å². The minimum absolute atomic E-state index is 0.0249. The molecule has 0 radical (unpaired) electrons. The maximum absolute atomic E-state index is 13.3. The van der Waals surface area contributed by atoms with Gasteiger partial charge >= 0.3 is 0 Å². The second-order valence-corrected chi connectivity index (χ2v) is 3.92. The van der Waals surface area contributed by atoms with Crippen LogP contribution in [0, 0.1) is 12.7 Å². The van der Waals surface area contributed by atoms with Crippen molar-refractivity contribution in [2.75, 3.05) is 0 Å². The van der Waals surface area contributed by atoms with Crippen LogP contribution in [0.15, 0.2) is 17.5 Å². The fourth-order valence-electron chi connectivity index (χ4n) is 1.40. The van der Waals surface area contributed by atoms with Crippen molar-refractivity contribution >= 4 is 21.4 Å². The third-order valence-electron chi connectivity index (χ3n) is 2.02. The summed E-state index contributed by atoms with van der Waals surface area (Å²) in [7, 11) is 0. The van der Waals surface area contributed by atoms with Crippen LogP contribution in [-0.4, -0.2) is 5.11 Å². The standard InChI is InChI=1S/C10H9FOS/c1-6-2-8-7(4-12)5-13-10(8)9(11)3-6/h2-3,5,12H,4H2,1H3. The second kappa shape index (κ2) is 3.09. The fraction of sp³-hybridized carbons (Fsp3) is 0.200. The van der Waals surface area contributed by atoms with E-state index in [2.05, 4.69) is 0 Å². The minimum atomic E-state index is -0.195. The lowest BCUT2D eigenvalue weighted by atomic mass is 10.1. The van der Waals surface area contributed by atoms with Gasteiger partial charge in [-0.2, -0.15) is 0 Å². The van der Waals surface area contributed by atoms with Gasteiger partial charge < -0.3 is 5.11 Å². The number of hydrogen-bond donors (Lipinski definition) is 1. The molecule has 0 aliphatic carbocycles. The molecule has 0 aliphatic heterocycles. The van der Waals surface area contributed by atoms with E-state index in [-0.39, 0.29) is 12.4 Å². The van der Waals surface area contributed by atoms with Crippen molar-refractivity contribution in [1.29, 1.82) is 0 Å². The molecule has 1 N–H and O–H groups in total. The number of benzene rings is 1. The molecule has 1 nitrogen and oxygen atoms in total. The first kappa shape index (κ1) is 8.66. The topological polar surface area (TPSA) is 20.2 Å². The summed E-state index contributed by atoms with van der Waals surface area (Å²) in [5.74, 6) is -0.195. The van der Waals surface area contributed by atoms with Crippen LogP contribution in [0.4, 0.5) is 4.39 Å². The highest BCUT2D eigenvalue weighted by Crippen LogP contribution is 2.29. The Hall–Kier alpha value is -0.930. The Labute approximate surface area is 79.4 Å². The van der Waals surface area contributed by atoms with Crippen LogP contribution in [0.5, 0.6) is 0 Å². The van der Waals surface area contributed by atoms with Crippen LogP contribution < -0.4 is 0 Å². The van der Waals surface area contributed by atoms with Crippen molar-refractivity contribution in [3.8, 4) is 0 Å². The summed E-state index contributed by atoms with van der Waals surface area (Å²) in [5, 5.41) is 11.6. The summed E-state index contributed by atoms with van der Waals surface area (Å²) in [4.78, 5) is 0. The van der Waals surface area contributed by atoms with E-state index in [1.807, 2.05) is 13.0 Å². The van der Waals surface area contributed by atoms with Gasteiger partial charge in [-0.1, -0.05) is 6.07 Å². The zero-order chi connectivity index (χ0) is 9.42. The molecule has 0 saturated carbocycles. The molecule has 0 bridgehead atoms. The SMILES string of the molecule is Cc1cc(F)c2scc(CO)c2c1. The van der Waals surface area contributed by atoms with E-state index in [1.165, 1.54) is 17.4 Å². The molecule has 0 amide bonds. The number of aliphatic hydroxyl groups excluding tert-OH is 1. The zero-order valence-electron chi connectivity index (χ0n) is 7.17. The maximum Gasteiger partial charge on any atom is 0.141 e. The van der Waals surface area contributed by atoms with Crippen molar-refractivity contribution in [2.24, 2.45) is 0 Å². The minimum Gasteiger partial charge on any atom is -0.392 e. The Morgan fingerprint density at radius 2 is 2.23 bits per heavy atom. The average Bonchev–Trinajstić information content (AvgIpc) is 2.47. The molecule has 2 aromatic rings. The molecule has 1 aromatic heterocycles. The third-order valence-corrected chi connectivity index (χ3v) is 3.08. The molecule has 0 atom stereocenters. The van der Waals surface area contributed by atoms with Crippen molar-refractivity contribution in [3.05, 3.63) is 34.5 Å². The molecule has 13 heavy (non-hydrogen) atoms. The molecule has 0 unspecified atom stereocenters. The number of aryl methyl sites for hydroxylation is 1. The number of rotatable bonds is 1. The molecule has 2 rings (SSSR count). The van der Waals surface area contributed by atoms with Crippen LogP contribution in [0.1, 0.15) is 11.1 Å². The number of thiophene rings is 1. The molecule has 0 fully saturated rings. The summed E-state index contributed by atoms with van der Waals surface area (Å²) >= 11 is 1.34. The van der Waals surface area contributed by atoms with Gasteiger partial charge in [0.25, 0.3) is 0 Å². The van der Waals surface area contributed by atoms with Gasteiger partial charge in [0.05, 0.1) is 11.3 Å². The molecule has 0 spiro atoms. The second-order valence-electron chi connectivity index (χ2n) is 3.04. The largest absolute Gasteiger partial charge is 0.392 e. The Morgan fingerprint density at radius 3 is 2.92 bits per heavy atom. The van der Waals surface area contributed by atoms with Crippen LogP contribution in [0.25, 0.3) is 10.1 Å². The number of hydrogen-bond acceptors (Lipinski definition) is 2. The highest BCUT2D eigenvalue weighted by Gasteiger charge is 2.07. The first-order chi connectivity index (χ1) is 6.22. The Balaban J connectivity index is 2.82. The first-order valence-electron chi connectivity index (χ1n) is 3.99. The van der Waals surface area contributed by atoms with Crippen LogP contribution in [0.3, 0.4) is 0 Å². The molecule has 1 aromatic carbocycles. The van der Waals surface area contributed by atoms with E-state index in [0.717, 1.165) is 16.5 Å². The van der Waals surface area contributed by atoms with Crippen LogP contribution in [0.2, 0.25) is 0 Å². The summed E-state index contributed by atoms with van der Waals surface area (Å²) in [5.41, 5.74) is 1.70. The van der Waals surface area contributed by atoms with Crippen LogP contribution in [-0.2, 0) is 6.61 Å². The van der Waals surface area contributed by atoms with Crippen molar-refractivity contribution in [2.45, 2.75) is 13.5 Å². The van der Waals surface area contributed by atoms with Gasteiger partial charge in [-0.3, -0.25) is 0 Å². The average molecular weight is 196 g/mol. The van der Waals surface area contributed by atoms with Crippen molar-refractivity contribution in [3.63, 3.8) is 0 Å². The molecule has 0 aliphatic rings. The van der Waals surface area contributed by atoms with E-state index >= 15 is 0 Å². The van der Waals surface area contributed by atoms with E-state index < -0.39 is 0 Å². The van der Waals surface area contributed by atoms with Gasteiger partial charge in [0.1, 0.15) is 5.82 Å². The highest BCUT2D eigenvalue weighted by atomic mass is 32.1. The van der Waals surface area contributed by atoms with E-state index in [9.17, 15) is 4.39 Å². The lowest BCUT2D eigenvalue weighted by molar-refractivity contribution is 0.284. The molecule has 1 heterocycles. The van der Waals surface area contributed by atoms with Gasteiger partial charge in [0.15, 0.2) is 0 Å². The third kappa shape index (κ3) is 1.34. The summed E-state index contributed by atoms with van der Waals surface area (Å²) < 4.78 is 14.0. The summed E-state index contributed by atoms with van der Waals surface area (Å²) in [6.45, 7) is 1.82. The quantitative estimate of drug-likeness (QED) is 0.743. The smallest absolute Gasteiger partial charge is 0.141 e. The van der Waals surface area contributed by atoms with Gasteiger partial charge in [0, 0.05) is 5.39 Å². The molecular formula is C10H9FOS. The predicted molar refractivity (Wildman–Crippen MR) is 52.4 cm³/mol. The Kier molecular flexibility index (Phi) is 2.06. The summed E-state index contributed by atoms with van der Waals surface area (Å²) in [6, 6.07) is 3.42. The molecule has 0 saturated heterocycles. The maximum atomic E-state index is 13.3. The zero-order valence-corrected chi connectivity index (χ0v) is 7.99. The first-order valence-corrected chi connectivity index (χ1v) is 4.87. The lowest BCUT2D eigenvalue weighted by Gasteiger charge is -1.97. The van der Waals surface area contributed by atoms with Gasteiger partial charge in [-0.05, 0) is 29.5 Å². The summed E-state index contributed by atoms with van der Waals surface area (Å²) in [6.07, 6.45) is 0.